The van der Waals surface area contributed by atoms with Crippen molar-refractivity contribution in [2.45, 2.75) is 32.4 Å². The number of likely N-dealkylation sites (tertiary alicyclic amines) is 1. The number of halogens is 1. The van der Waals surface area contributed by atoms with Gasteiger partial charge in [0, 0.05) is 37.2 Å². The number of nitrogens with zero attached hydrogens (tertiary/aromatic N) is 1. The first kappa shape index (κ1) is 23.4. The number of benzene rings is 2. The Morgan fingerprint density at radius 2 is 1.81 bits per heavy atom. The maximum atomic E-state index is 13.2. The molecule has 2 atom stereocenters. The summed E-state index contributed by atoms with van der Waals surface area (Å²) in [5.74, 6) is 0.0343. The average molecular weight is 444 g/mol. The highest BCUT2D eigenvalue weighted by Gasteiger charge is 2.41. The molecule has 0 aliphatic carbocycles. The number of hydrogen-bond donors (Lipinski definition) is 2. The van der Waals surface area contributed by atoms with E-state index in [1.165, 1.54) is 12.1 Å². The quantitative estimate of drug-likeness (QED) is 0.688. The number of amides is 3. The van der Waals surface area contributed by atoms with Gasteiger partial charge >= 0.3 is 6.03 Å². The van der Waals surface area contributed by atoms with Crippen LogP contribution in [-0.2, 0) is 11.3 Å². The highest BCUT2D eigenvalue weighted by molar-refractivity contribution is 5.83. The summed E-state index contributed by atoms with van der Waals surface area (Å²) in [5, 5.41) is 5.83. The second-order valence-electron chi connectivity index (χ2n) is 8.17. The number of nitrogens with one attached hydrogen (secondary N) is 2. The Balaban J connectivity index is 1.85. The van der Waals surface area contributed by atoms with Gasteiger partial charge in [-0.2, -0.15) is 0 Å². The molecule has 3 amide bonds. The van der Waals surface area contributed by atoms with Gasteiger partial charge in [0.25, 0.3) is 0 Å². The number of carbonyl (C=O) groups is 2. The molecule has 3 rings (SSSR count). The minimum Gasteiger partial charge on any atom is -0.497 e. The maximum Gasteiger partial charge on any atom is 0.317 e. The topological polar surface area (TPSA) is 79.9 Å². The van der Waals surface area contributed by atoms with Gasteiger partial charge in [-0.3, -0.25) is 4.79 Å². The molecule has 2 N–H and O–H groups in total. The van der Waals surface area contributed by atoms with E-state index < -0.39 is 5.92 Å². The van der Waals surface area contributed by atoms with E-state index in [4.69, 9.17) is 9.47 Å². The van der Waals surface area contributed by atoms with Crippen molar-refractivity contribution < 1.29 is 23.5 Å². The van der Waals surface area contributed by atoms with E-state index in [9.17, 15) is 14.0 Å². The smallest absolute Gasteiger partial charge is 0.317 e. The molecule has 2 aromatic carbocycles. The molecule has 0 aromatic heterocycles. The van der Waals surface area contributed by atoms with Crippen LogP contribution in [-0.4, -0.2) is 50.2 Å². The predicted molar refractivity (Wildman–Crippen MR) is 119 cm³/mol. The molecule has 0 radical (unpaired) electrons. The molecule has 1 fully saturated rings. The van der Waals surface area contributed by atoms with Crippen molar-refractivity contribution in [1.82, 2.24) is 15.5 Å². The molecule has 2 aromatic rings. The monoisotopic (exact) mass is 443 g/mol. The van der Waals surface area contributed by atoms with Crippen molar-refractivity contribution in [1.29, 1.82) is 0 Å². The van der Waals surface area contributed by atoms with Crippen molar-refractivity contribution in [3.63, 3.8) is 0 Å². The summed E-state index contributed by atoms with van der Waals surface area (Å²) >= 11 is 0. The number of carbonyl (C=O) groups excluding carboxylic acids is 2. The van der Waals surface area contributed by atoms with Gasteiger partial charge in [-0.15, -0.1) is 0 Å². The highest BCUT2D eigenvalue weighted by atomic mass is 19.1. The van der Waals surface area contributed by atoms with Gasteiger partial charge < -0.3 is 25.0 Å². The van der Waals surface area contributed by atoms with E-state index in [-0.39, 0.29) is 42.8 Å². The molecular weight excluding hydrogens is 413 g/mol. The largest absolute Gasteiger partial charge is 0.497 e. The Hall–Kier alpha value is -3.29. The van der Waals surface area contributed by atoms with Crippen LogP contribution in [0.15, 0.2) is 42.5 Å². The van der Waals surface area contributed by atoms with E-state index >= 15 is 0 Å². The molecular formula is C24H30FN3O4. The molecule has 1 aliphatic rings. The fourth-order valence-corrected chi connectivity index (χ4v) is 3.94. The summed E-state index contributed by atoms with van der Waals surface area (Å²) in [6, 6.07) is 11.2. The summed E-state index contributed by atoms with van der Waals surface area (Å²) in [4.78, 5) is 27.5. The zero-order valence-corrected chi connectivity index (χ0v) is 18.9. The molecule has 32 heavy (non-hydrogen) atoms. The molecule has 0 saturated carbocycles. The lowest BCUT2D eigenvalue weighted by Crippen LogP contribution is -2.42. The Kier molecular flexibility index (Phi) is 7.56. The third-order valence-electron chi connectivity index (χ3n) is 5.57. The molecule has 1 saturated heterocycles. The number of hydrogen-bond acceptors (Lipinski definition) is 4. The summed E-state index contributed by atoms with van der Waals surface area (Å²) in [6.45, 7) is 4.71. The number of ether oxygens (including phenoxy) is 2. The Morgan fingerprint density at radius 3 is 2.44 bits per heavy atom. The molecule has 2 unspecified atom stereocenters. The Labute approximate surface area is 187 Å². The zero-order valence-electron chi connectivity index (χ0n) is 18.9. The molecule has 0 bridgehead atoms. The molecule has 1 aliphatic heterocycles. The van der Waals surface area contributed by atoms with Gasteiger partial charge in [-0.05, 0) is 49.7 Å². The number of rotatable bonds is 7. The van der Waals surface area contributed by atoms with E-state index in [2.05, 4.69) is 10.6 Å². The van der Waals surface area contributed by atoms with Gasteiger partial charge in [0.05, 0.1) is 20.1 Å². The van der Waals surface area contributed by atoms with Gasteiger partial charge in [0.2, 0.25) is 5.91 Å². The van der Waals surface area contributed by atoms with E-state index in [1.54, 1.807) is 43.4 Å². The summed E-state index contributed by atoms with van der Waals surface area (Å²) in [6.07, 6.45) is 0. The van der Waals surface area contributed by atoms with Crippen LogP contribution in [0.5, 0.6) is 11.5 Å². The van der Waals surface area contributed by atoms with Crippen molar-refractivity contribution >= 4 is 11.9 Å². The van der Waals surface area contributed by atoms with Crippen LogP contribution in [0, 0.1) is 11.7 Å². The van der Waals surface area contributed by atoms with Crippen molar-refractivity contribution in [2.75, 3.05) is 27.3 Å². The zero-order chi connectivity index (χ0) is 23.3. The van der Waals surface area contributed by atoms with E-state index in [1.807, 2.05) is 19.9 Å². The second-order valence-corrected chi connectivity index (χ2v) is 8.17. The van der Waals surface area contributed by atoms with Crippen LogP contribution < -0.4 is 20.1 Å². The standard InChI is InChI=1S/C24H30FN3O4/c1-15(2)27-24(30)28-13-20(19-11-18(31-3)9-10-22(19)32-4)21(14-28)23(29)26-12-16-5-7-17(25)8-6-16/h5-11,15,20-21H,12-14H2,1-4H3,(H,26,29)(H,27,30). The van der Waals surface area contributed by atoms with E-state index in [0.717, 1.165) is 11.1 Å². The first-order valence-corrected chi connectivity index (χ1v) is 10.6. The van der Waals surface area contributed by atoms with Gasteiger partial charge in [-0.25, -0.2) is 9.18 Å². The normalized spacial score (nSPS) is 17.9. The predicted octanol–water partition coefficient (Wildman–Crippen LogP) is 3.29. The Morgan fingerprint density at radius 1 is 1.09 bits per heavy atom. The second kappa shape index (κ2) is 10.3. The molecule has 8 heteroatoms. The molecule has 1 heterocycles. The van der Waals surface area contributed by atoms with E-state index in [0.29, 0.717) is 18.0 Å². The fourth-order valence-electron chi connectivity index (χ4n) is 3.94. The molecule has 7 nitrogen and oxygen atoms in total. The number of urea groups is 1. The third kappa shape index (κ3) is 5.49. The maximum absolute atomic E-state index is 13.2. The van der Waals surface area contributed by atoms with Gasteiger partial charge in [0.15, 0.2) is 0 Å². The SMILES string of the molecule is COc1ccc(OC)c(C2CN(C(=O)NC(C)C)CC2C(=O)NCc2ccc(F)cc2)c1. The van der Waals surface area contributed by atoms with Crippen LogP contribution in [0.2, 0.25) is 0 Å². The van der Waals surface area contributed by atoms with Crippen LogP contribution in [0.25, 0.3) is 0 Å². The first-order chi connectivity index (χ1) is 15.3. The van der Waals surface area contributed by atoms with Crippen LogP contribution in [0.4, 0.5) is 9.18 Å². The van der Waals surface area contributed by atoms with Gasteiger partial charge in [0.1, 0.15) is 17.3 Å². The minimum absolute atomic E-state index is 0.0151. The first-order valence-electron chi connectivity index (χ1n) is 10.6. The van der Waals surface area contributed by atoms with Gasteiger partial charge in [-0.1, -0.05) is 12.1 Å². The lowest BCUT2D eigenvalue weighted by molar-refractivity contribution is -0.125. The van der Waals surface area contributed by atoms with Crippen molar-refractivity contribution in [2.24, 2.45) is 5.92 Å². The lowest BCUT2D eigenvalue weighted by atomic mass is 9.87. The van der Waals surface area contributed by atoms with Crippen molar-refractivity contribution in [3.8, 4) is 11.5 Å². The Bertz CT molecular complexity index is 949. The fraction of sp³-hybridized carbons (Fsp3) is 0.417. The molecule has 172 valence electrons. The summed E-state index contributed by atoms with van der Waals surface area (Å²) in [5.41, 5.74) is 1.61. The van der Waals surface area contributed by atoms with Crippen molar-refractivity contribution in [3.05, 3.63) is 59.4 Å². The van der Waals surface area contributed by atoms with Crippen LogP contribution in [0.1, 0.15) is 30.9 Å². The van der Waals surface area contributed by atoms with Crippen LogP contribution in [0.3, 0.4) is 0 Å². The summed E-state index contributed by atoms with van der Waals surface area (Å²) < 4.78 is 24.1. The summed E-state index contributed by atoms with van der Waals surface area (Å²) in [7, 11) is 3.16. The lowest BCUT2D eigenvalue weighted by Gasteiger charge is -2.21. The average Bonchev–Trinajstić information content (AvgIpc) is 3.23. The third-order valence-corrected chi connectivity index (χ3v) is 5.57. The molecule has 0 spiro atoms. The minimum atomic E-state index is -0.477. The highest BCUT2D eigenvalue weighted by Crippen LogP contribution is 2.39. The number of methoxy groups -OCH3 is 2. The van der Waals surface area contributed by atoms with Crippen LogP contribution >= 0.6 is 0 Å².